The zero-order valence-corrected chi connectivity index (χ0v) is 10.8. The highest BCUT2D eigenvalue weighted by Gasteiger charge is 2.16. The molecule has 0 radical (unpaired) electrons. The molecule has 2 heterocycles. The summed E-state index contributed by atoms with van der Waals surface area (Å²) in [5.74, 6) is 0.941. The van der Waals surface area contributed by atoms with Crippen molar-refractivity contribution in [3.63, 3.8) is 0 Å². The van der Waals surface area contributed by atoms with Crippen molar-refractivity contribution in [2.75, 3.05) is 19.8 Å². The fraction of sp³-hybridized carbons (Fsp3) is 0.692. The number of nitrogens with one attached hydrogen (secondary N) is 1. The van der Waals surface area contributed by atoms with Crippen molar-refractivity contribution in [1.82, 2.24) is 15.3 Å². The molecule has 94 valence electrons. The van der Waals surface area contributed by atoms with Gasteiger partial charge in [0.25, 0.3) is 0 Å². The lowest BCUT2D eigenvalue weighted by molar-refractivity contribution is 0.149. The zero-order valence-electron chi connectivity index (χ0n) is 10.8. The molecule has 0 saturated heterocycles. The van der Waals surface area contributed by atoms with Crippen LogP contribution in [0.5, 0.6) is 0 Å². The quantitative estimate of drug-likeness (QED) is 0.781. The number of aromatic nitrogens is 2. The third kappa shape index (κ3) is 3.01. The van der Waals surface area contributed by atoms with E-state index in [0.717, 1.165) is 51.4 Å². The first kappa shape index (κ1) is 12.5. The molecule has 1 N–H and O–H groups in total. The van der Waals surface area contributed by atoms with Gasteiger partial charge in [0.1, 0.15) is 5.82 Å². The van der Waals surface area contributed by atoms with Crippen molar-refractivity contribution in [3.8, 4) is 0 Å². The second-order valence-corrected chi connectivity index (χ2v) is 4.24. The van der Waals surface area contributed by atoms with E-state index >= 15 is 0 Å². The number of aryl methyl sites for hydroxylation is 1. The van der Waals surface area contributed by atoms with E-state index in [4.69, 9.17) is 4.74 Å². The molecule has 2 rings (SSSR count). The van der Waals surface area contributed by atoms with Gasteiger partial charge >= 0.3 is 0 Å². The van der Waals surface area contributed by atoms with Crippen LogP contribution in [0.25, 0.3) is 0 Å². The largest absolute Gasteiger partial charge is 0.381 e. The van der Waals surface area contributed by atoms with Crippen molar-refractivity contribution >= 4 is 0 Å². The summed E-state index contributed by atoms with van der Waals surface area (Å²) in [5.41, 5.74) is 3.76. The minimum absolute atomic E-state index is 0.719. The third-order valence-electron chi connectivity index (χ3n) is 3.07. The molecule has 4 nitrogen and oxygen atoms in total. The highest BCUT2D eigenvalue weighted by Crippen LogP contribution is 2.16. The predicted molar refractivity (Wildman–Crippen MR) is 67.0 cm³/mol. The fourth-order valence-corrected chi connectivity index (χ4v) is 2.18. The zero-order chi connectivity index (χ0) is 12.1. The standard InChI is InChI=1S/C13H21N3O/c1-3-11-10-9-14-7-5-12(10)16-13(15-11)6-8-17-4-2/h14H,3-9H2,1-2H3. The molecule has 0 unspecified atom stereocenters. The van der Waals surface area contributed by atoms with Crippen LogP contribution in [0.15, 0.2) is 0 Å². The van der Waals surface area contributed by atoms with Crippen LogP contribution in [-0.2, 0) is 30.5 Å². The maximum atomic E-state index is 5.36. The molecular weight excluding hydrogens is 214 g/mol. The van der Waals surface area contributed by atoms with Crippen molar-refractivity contribution in [3.05, 3.63) is 22.8 Å². The van der Waals surface area contributed by atoms with Gasteiger partial charge in [-0.05, 0) is 13.3 Å². The molecule has 1 aliphatic rings. The number of rotatable bonds is 5. The molecule has 17 heavy (non-hydrogen) atoms. The van der Waals surface area contributed by atoms with Crippen LogP contribution >= 0.6 is 0 Å². The molecule has 0 bridgehead atoms. The molecule has 0 fully saturated rings. The minimum Gasteiger partial charge on any atom is -0.381 e. The Kier molecular flexibility index (Phi) is 4.45. The Bertz CT molecular complexity index is 362. The summed E-state index contributed by atoms with van der Waals surface area (Å²) in [6.45, 7) is 7.59. The maximum Gasteiger partial charge on any atom is 0.131 e. The number of ether oxygens (including phenoxy) is 1. The molecule has 0 saturated carbocycles. The van der Waals surface area contributed by atoms with Crippen molar-refractivity contribution < 1.29 is 4.74 Å². The number of nitrogens with zero attached hydrogens (tertiary/aromatic N) is 2. The van der Waals surface area contributed by atoms with Crippen LogP contribution in [-0.4, -0.2) is 29.7 Å². The van der Waals surface area contributed by atoms with Gasteiger partial charge in [-0.25, -0.2) is 9.97 Å². The van der Waals surface area contributed by atoms with Crippen molar-refractivity contribution in [2.24, 2.45) is 0 Å². The van der Waals surface area contributed by atoms with Crippen LogP contribution < -0.4 is 5.32 Å². The van der Waals surface area contributed by atoms with E-state index in [1.165, 1.54) is 17.0 Å². The summed E-state index contributed by atoms with van der Waals surface area (Å²) in [4.78, 5) is 9.31. The van der Waals surface area contributed by atoms with Gasteiger partial charge in [0.05, 0.1) is 12.3 Å². The van der Waals surface area contributed by atoms with Gasteiger partial charge in [-0.3, -0.25) is 0 Å². The summed E-state index contributed by atoms with van der Waals surface area (Å²) in [7, 11) is 0. The van der Waals surface area contributed by atoms with E-state index in [9.17, 15) is 0 Å². The van der Waals surface area contributed by atoms with Gasteiger partial charge in [-0.1, -0.05) is 6.92 Å². The normalized spacial score (nSPS) is 14.7. The molecule has 0 spiro atoms. The van der Waals surface area contributed by atoms with E-state index in [1.807, 2.05) is 6.92 Å². The first-order valence-corrected chi connectivity index (χ1v) is 6.51. The Hall–Kier alpha value is -1.00. The van der Waals surface area contributed by atoms with Crippen molar-refractivity contribution in [2.45, 2.75) is 39.7 Å². The van der Waals surface area contributed by atoms with E-state index < -0.39 is 0 Å². The Labute approximate surface area is 103 Å². The molecule has 1 aromatic rings. The first-order valence-electron chi connectivity index (χ1n) is 6.51. The number of hydrogen-bond donors (Lipinski definition) is 1. The fourth-order valence-electron chi connectivity index (χ4n) is 2.18. The second kappa shape index (κ2) is 6.07. The van der Waals surface area contributed by atoms with Gasteiger partial charge in [-0.2, -0.15) is 0 Å². The molecule has 1 aromatic heterocycles. The Morgan fingerprint density at radius 2 is 2.18 bits per heavy atom. The van der Waals surface area contributed by atoms with E-state index in [2.05, 4.69) is 22.2 Å². The molecular formula is C13H21N3O. The lowest BCUT2D eigenvalue weighted by Gasteiger charge is -2.19. The smallest absolute Gasteiger partial charge is 0.131 e. The average molecular weight is 235 g/mol. The maximum absolute atomic E-state index is 5.36. The Balaban J connectivity index is 2.17. The molecule has 0 aliphatic carbocycles. The van der Waals surface area contributed by atoms with E-state index in [0.29, 0.717) is 0 Å². The predicted octanol–water partition coefficient (Wildman–Crippen LogP) is 1.26. The van der Waals surface area contributed by atoms with Gasteiger partial charge in [0.2, 0.25) is 0 Å². The Morgan fingerprint density at radius 1 is 1.29 bits per heavy atom. The van der Waals surface area contributed by atoms with Gasteiger partial charge in [0.15, 0.2) is 0 Å². The summed E-state index contributed by atoms with van der Waals surface area (Å²) < 4.78 is 5.36. The average Bonchev–Trinajstić information content (AvgIpc) is 2.38. The Morgan fingerprint density at radius 3 is 2.94 bits per heavy atom. The molecule has 0 aromatic carbocycles. The lowest BCUT2D eigenvalue weighted by atomic mass is 10.0. The van der Waals surface area contributed by atoms with Crippen LogP contribution in [0.3, 0.4) is 0 Å². The third-order valence-corrected chi connectivity index (χ3v) is 3.07. The van der Waals surface area contributed by atoms with E-state index in [1.54, 1.807) is 0 Å². The summed E-state index contributed by atoms with van der Waals surface area (Å²) in [6, 6.07) is 0. The molecule has 1 aliphatic heterocycles. The highest BCUT2D eigenvalue weighted by atomic mass is 16.5. The molecule has 0 atom stereocenters. The van der Waals surface area contributed by atoms with Crippen LogP contribution in [0, 0.1) is 0 Å². The van der Waals surface area contributed by atoms with Crippen LogP contribution in [0.2, 0.25) is 0 Å². The monoisotopic (exact) mass is 235 g/mol. The lowest BCUT2D eigenvalue weighted by Crippen LogP contribution is -2.27. The number of fused-ring (bicyclic) bond motifs is 1. The van der Waals surface area contributed by atoms with Gasteiger partial charge in [-0.15, -0.1) is 0 Å². The highest BCUT2D eigenvalue weighted by molar-refractivity contribution is 5.28. The van der Waals surface area contributed by atoms with Gasteiger partial charge < -0.3 is 10.1 Å². The summed E-state index contributed by atoms with van der Waals surface area (Å²) >= 11 is 0. The van der Waals surface area contributed by atoms with Crippen molar-refractivity contribution in [1.29, 1.82) is 0 Å². The second-order valence-electron chi connectivity index (χ2n) is 4.24. The molecule has 4 heteroatoms. The first-order chi connectivity index (χ1) is 8.35. The van der Waals surface area contributed by atoms with Crippen LogP contribution in [0.1, 0.15) is 36.6 Å². The molecule has 0 amide bonds. The van der Waals surface area contributed by atoms with Gasteiger partial charge in [0, 0.05) is 43.8 Å². The topological polar surface area (TPSA) is 47.0 Å². The SMILES string of the molecule is CCOCCc1nc(CC)c2c(n1)CCNC2. The van der Waals surface area contributed by atoms with Crippen LogP contribution in [0.4, 0.5) is 0 Å². The summed E-state index contributed by atoms with van der Waals surface area (Å²) in [5, 5.41) is 3.38. The number of hydrogen-bond acceptors (Lipinski definition) is 4. The summed E-state index contributed by atoms with van der Waals surface area (Å²) in [6.07, 6.45) is 2.82. The minimum atomic E-state index is 0.719. The van der Waals surface area contributed by atoms with E-state index in [-0.39, 0.29) is 0 Å².